The van der Waals surface area contributed by atoms with E-state index in [1.165, 1.54) is 0 Å². The van der Waals surface area contributed by atoms with Gasteiger partial charge in [-0.15, -0.1) is 0 Å². The monoisotopic (exact) mass is 312 g/mol. The van der Waals surface area contributed by atoms with Crippen molar-refractivity contribution in [1.82, 2.24) is 10.6 Å². The van der Waals surface area contributed by atoms with E-state index in [1.54, 1.807) is 11.8 Å². The van der Waals surface area contributed by atoms with Crippen molar-refractivity contribution in [2.75, 3.05) is 30.6 Å². The summed E-state index contributed by atoms with van der Waals surface area (Å²) in [7, 11) is -3.25. The first kappa shape index (κ1) is 18.0. The summed E-state index contributed by atoms with van der Waals surface area (Å²) >= 11 is 1.65. The first-order chi connectivity index (χ1) is 8.76. The summed E-state index contributed by atoms with van der Waals surface area (Å²) in [5, 5.41) is 13.7. The van der Waals surface area contributed by atoms with Crippen LogP contribution in [0.4, 0.5) is 4.79 Å². The fourth-order valence-electron chi connectivity index (χ4n) is 1.22. The number of aliphatic carboxylic acids is 1. The second-order valence-electron chi connectivity index (χ2n) is 4.06. The van der Waals surface area contributed by atoms with Crippen LogP contribution in [0.1, 0.15) is 12.8 Å². The Labute approximate surface area is 117 Å². The Bertz CT molecular complexity index is 397. The SMILES string of the molecule is CSCCCNC(=O)NC(CCS(C)(=O)=O)C(=O)O. The lowest BCUT2D eigenvalue weighted by Crippen LogP contribution is -2.47. The minimum Gasteiger partial charge on any atom is -0.480 e. The predicted molar refractivity (Wildman–Crippen MR) is 75.3 cm³/mol. The predicted octanol–water partition coefficient (Wildman–Crippen LogP) is -0.0734. The molecule has 0 aromatic carbocycles. The fourth-order valence-corrected chi connectivity index (χ4v) is 2.31. The van der Waals surface area contributed by atoms with Crippen LogP contribution in [0.25, 0.3) is 0 Å². The van der Waals surface area contributed by atoms with E-state index >= 15 is 0 Å². The summed E-state index contributed by atoms with van der Waals surface area (Å²) in [6, 6.07) is -1.79. The number of sulfone groups is 1. The van der Waals surface area contributed by atoms with Gasteiger partial charge >= 0.3 is 12.0 Å². The topological polar surface area (TPSA) is 113 Å². The van der Waals surface area contributed by atoms with Crippen molar-refractivity contribution in [2.45, 2.75) is 18.9 Å². The van der Waals surface area contributed by atoms with Gasteiger partial charge in [0.05, 0.1) is 5.75 Å². The highest BCUT2D eigenvalue weighted by atomic mass is 32.2. The third-order valence-electron chi connectivity index (χ3n) is 2.19. The molecule has 3 N–H and O–H groups in total. The molecule has 0 aliphatic rings. The number of carbonyl (C=O) groups is 2. The fraction of sp³-hybridized carbons (Fsp3) is 0.800. The van der Waals surface area contributed by atoms with Crippen LogP contribution in [0.3, 0.4) is 0 Å². The van der Waals surface area contributed by atoms with E-state index in [0.717, 1.165) is 18.4 Å². The lowest BCUT2D eigenvalue weighted by Gasteiger charge is -2.14. The molecular formula is C10H20N2O5S2. The first-order valence-corrected chi connectivity index (χ1v) is 9.15. The van der Waals surface area contributed by atoms with Gasteiger partial charge < -0.3 is 15.7 Å². The second kappa shape index (κ2) is 9.03. The van der Waals surface area contributed by atoms with E-state index in [2.05, 4.69) is 10.6 Å². The lowest BCUT2D eigenvalue weighted by atomic mass is 10.2. The third kappa shape index (κ3) is 10.6. The van der Waals surface area contributed by atoms with Crippen molar-refractivity contribution in [3.05, 3.63) is 0 Å². The number of hydrogen-bond acceptors (Lipinski definition) is 5. The van der Waals surface area contributed by atoms with E-state index < -0.39 is 27.9 Å². The summed E-state index contributed by atoms with van der Waals surface area (Å²) in [6.45, 7) is 0.449. The molecule has 7 nitrogen and oxygen atoms in total. The number of amides is 2. The van der Waals surface area contributed by atoms with Crippen molar-refractivity contribution in [3.63, 3.8) is 0 Å². The van der Waals surface area contributed by atoms with Crippen LogP contribution < -0.4 is 10.6 Å². The standard InChI is InChI=1S/C10H20N2O5S2/c1-18-6-3-5-11-10(15)12-8(9(13)14)4-7-19(2,16)17/h8H,3-7H2,1-2H3,(H,13,14)(H2,11,12,15). The molecule has 1 unspecified atom stereocenters. The molecule has 2 amide bonds. The number of nitrogens with one attached hydrogen (secondary N) is 2. The van der Waals surface area contributed by atoms with Crippen LogP contribution in [0, 0.1) is 0 Å². The normalized spacial score (nSPS) is 12.7. The van der Waals surface area contributed by atoms with Gasteiger partial charge in [0.25, 0.3) is 0 Å². The largest absolute Gasteiger partial charge is 0.480 e. The molecule has 112 valence electrons. The van der Waals surface area contributed by atoms with Crippen molar-refractivity contribution in [2.24, 2.45) is 0 Å². The Morgan fingerprint density at radius 2 is 2.00 bits per heavy atom. The quantitative estimate of drug-likeness (QED) is 0.514. The van der Waals surface area contributed by atoms with Gasteiger partial charge in [-0.3, -0.25) is 0 Å². The zero-order valence-corrected chi connectivity index (χ0v) is 12.6. The number of carbonyl (C=O) groups excluding carboxylic acids is 1. The van der Waals surface area contributed by atoms with Gasteiger partial charge in [0.2, 0.25) is 0 Å². The van der Waals surface area contributed by atoms with Crippen molar-refractivity contribution >= 4 is 33.6 Å². The molecule has 0 saturated heterocycles. The summed E-state index contributed by atoms with van der Waals surface area (Å²) in [6.07, 6.45) is 3.61. The number of carboxylic acid groups (broad SMARTS) is 1. The zero-order valence-electron chi connectivity index (χ0n) is 11.0. The molecule has 9 heteroatoms. The number of carboxylic acids is 1. The molecule has 0 aromatic rings. The Morgan fingerprint density at radius 3 is 2.47 bits per heavy atom. The minimum atomic E-state index is -3.25. The molecule has 0 aliphatic heterocycles. The Kier molecular flexibility index (Phi) is 8.57. The van der Waals surface area contributed by atoms with E-state index in [9.17, 15) is 18.0 Å². The highest BCUT2D eigenvalue weighted by Crippen LogP contribution is 1.97. The Balaban J connectivity index is 4.12. The highest BCUT2D eigenvalue weighted by Gasteiger charge is 2.21. The molecule has 0 fully saturated rings. The van der Waals surface area contributed by atoms with E-state index in [4.69, 9.17) is 5.11 Å². The molecule has 0 rings (SSSR count). The number of urea groups is 1. The van der Waals surface area contributed by atoms with E-state index in [-0.39, 0.29) is 12.2 Å². The van der Waals surface area contributed by atoms with Crippen molar-refractivity contribution in [3.8, 4) is 0 Å². The highest BCUT2D eigenvalue weighted by molar-refractivity contribution is 7.98. The van der Waals surface area contributed by atoms with E-state index in [1.807, 2.05) is 6.26 Å². The molecular weight excluding hydrogens is 292 g/mol. The van der Waals surface area contributed by atoms with Gasteiger partial charge in [0, 0.05) is 12.8 Å². The van der Waals surface area contributed by atoms with Crippen LogP contribution >= 0.6 is 11.8 Å². The van der Waals surface area contributed by atoms with Gasteiger partial charge in [-0.1, -0.05) is 0 Å². The maximum absolute atomic E-state index is 11.4. The van der Waals surface area contributed by atoms with Crippen LogP contribution in [0.15, 0.2) is 0 Å². The molecule has 0 saturated carbocycles. The molecule has 0 aliphatic carbocycles. The molecule has 0 heterocycles. The first-order valence-electron chi connectivity index (χ1n) is 5.70. The van der Waals surface area contributed by atoms with Gasteiger partial charge in [0.15, 0.2) is 0 Å². The maximum Gasteiger partial charge on any atom is 0.326 e. The lowest BCUT2D eigenvalue weighted by molar-refractivity contribution is -0.139. The molecule has 19 heavy (non-hydrogen) atoms. The number of rotatable bonds is 9. The molecule has 0 bridgehead atoms. The van der Waals surface area contributed by atoms with Crippen LogP contribution in [-0.2, 0) is 14.6 Å². The van der Waals surface area contributed by atoms with Gasteiger partial charge in [0.1, 0.15) is 15.9 Å². The number of thioether (sulfide) groups is 1. The van der Waals surface area contributed by atoms with Gasteiger partial charge in [-0.2, -0.15) is 11.8 Å². The summed E-state index contributed by atoms with van der Waals surface area (Å²) < 4.78 is 21.9. The molecule has 1 atom stereocenters. The minimum absolute atomic E-state index is 0.146. The average molecular weight is 312 g/mol. The smallest absolute Gasteiger partial charge is 0.326 e. The molecule has 0 spiro atoms. The van der Waals surface area contributed by atoms with Crippen LogP contribution in [0.2, 0.25) is 0 Å². The van der Waals surface area contributed by atoms with Crippen molar-refractivity contribution in [1.29, 1.82) is 0 Å². The van der Waals surface area contributed by atoms with Gasteiger partial charge in [-0.25, -0.2) is 18.0 Å². The Hall–Kier alpha value is -0.960. The molecule has 0 aromatic heterocycles. The molecule has 0 radical (unpaired) electrons. The number of hydrogen-bond donors (Lipinski definition) is 3. The summed E-state index contributed by atoms with van der Waals surface area (Å²) in [5.41, 5.74) is 0. The van der Waals surface area contributed by atoms with Crippen LogP contribution in [-0.4, -0.2) is 62.1 Å². The van der Waals surface area contributed by atoms with E-state index in [0.29, 0.717) is 6.54 Å². The average Bonchev–Trinajstić information content (AvgIpc) is 2.28. The summed E-state index contributed by atoms with van der Waals surface area (Å²) in [4.78, 5) is 22.3. The second-order valence-corrected chi connectivity index (χ2v) is 7.30. The Morgan fingerprint density at radius 1 is 1.37 bits per heavy atom. The van der Waals surface area contributed by atoms with Crippen LogP contribution in [0.5, 0.6) is 0 Å². The van der Waals surface area contributed by atoms with Gasteiger partial charge in [-0.05, 0) is 24.9 Å². The zero-order chi connectivity index (χ0) is 14.9. The summed E-state index contributed by atoms with van der Waals surface area (Å²) in [5.74, 6) is -0.629. The van der Waals surface area contributed by atoms with Crippen molar-refractivity contribution < 1.29 is 23.1 Å². The maximum atomic E-state index is 11.4. The third-order valence-corrected chi connectivity index (χ3v) is 3.87.